The van der Waals surface area contributed by atoms with Gasteiger partial charge in [-0.1, -0.05) is 17.9 Å². The highest BCUT2D eigenvalue weighted by atomic mass is 19.1. The summed E-state index contributed by atoms with van der Waals surface area (Å²) in [5.74, 6) is 5.55. The van der Waals surface area contributed by atoms with Gasteiger partial charge >= 0.3 is 6.09 Å². The number of pyridine rings is 1. The van der Waals surface area contributed by atoms with Gasteiger partial charge in [0.2, 0.25) is 5.88 Å². The second-order valence-corrected chi connectivity index (χ2v) is 4.91. The third kappa shape index (κ3) is 4.28. The lowest BCUT2D eigenvalue weighted by molar-refractivity contribution is -0.00257. The number of carbonyl (C=O) groups excluding carboxylic acids is 1. The zero-order valence-corrected chi connectivity index (χ0v) is 12.1. The van der Waals surface area contributed by atoms with Gasteiger partial charge in [-0.05, 0) is 24.3 Å². The summed E-state index contributed by atoms with van der Waals surface area (Å²) < 4.78 is 23.0. The molecule has 1 N–H and O–H groups in total. The van der Waals surface area contributed by atoms with Gasteiger partial charge in [-0.3, -0.25) is 0 Å². The van der Waals surface area contributed by atoms with Gasteiger partial charge < -0.3 is 14.8 Å². The molecule has 6 heteroatoms. The standard InChI is InChI=1S/C17H13FN2O3/c18-14-3-1-2-12(8-14)4-5-13-6-7-16(19-9-13)23-17(21)20-15-10-22-11-15/h1-3,6-9,15H,10-11H2,(H,20,21). The minimum atomic E-state index is -0.565. The molecule has 2 aromatic rings. The van der Waals surface area contributed by atoms with Gasteiger partial charge in [0, 0.05) is 23.4 Å². The summed E-state index contributed by atoms with van der Waals surface area (Å²) in [6, 6.07) is 9.25. The number of amides is 1. The van der Waals surface area contributed by atoms with Crippen molar-refractivity contribution in [3.05, 3.63) is 59.5 Å². The van der Waals surface area contributed by atoms with E-state index in [4.69, 9.17) is 9.47 Å². The molecular weight excluding hydrogens is 299 g/mol. The van der Waals surface area contributed by atoms with E-state index < -0.39 is 6.09 Å². The highest BCUT2D eigenvalue weighted by Gasteiger charge is 2.21. The van der Waals surface area contributed by atoms with Crippen LogP contribution in [0, 0.1) is 17.7 Å². The van der Waals surface area contributed by atoms with Crippen LogP contribution in [-0.2, 0) is 4.74 Å². The summed E-state index contributed by atoms with van der Waals surface area (Å²) in [6.45, 7) is 0.994. The van der Waals surface area contributed by atoms with Crippen LogP contribution in [0.4, 0.5) is 9.18 Å². The maximum atomic E-state index is 13.0. The first-order valence-corrected chi connectivity index (χ1v) is 6.99. The van der Waals surface area contributed by atoms with Crippen molar-refractivity contribution >= 4 is 6.09 Å². The zero-order valence-electron chi connectivity index (χ0n) is 12.1. The Morgan fingerprint density at radius 1 is 1.26 bits per heavy atom. The zero-order chi connectivity index (χ0) is 16.1. The minimum absolute atomic E-state index is 0.00101. The maximum absolute atomic E-state index is 13.0. The highest BCUT2D eigenvalue weighted by molar-refractivity contribution is 5.70. The number of aromatic nitrogens is 1. The lowest BCUT2D eigenvalue weighted by Crippen LogP contribution is -2.49. The highest BCUT2D eigenvalue weighted by Crippen LogP contribution is 2.08. The predicted molar refractivity (Wildman–Crippen MR) is 80.4 cm³/mol. The smallest absolute Gasteiger partial charge is 0.391 e. The Morgan fingerprint density at radius 2 is 2.09 bits per heavy atom. The van der Waals surface area contributed by atoms with Crippen molar-refractivity contribution in [3.63, 3.8) is 0 Å². The summed E-state index contributed by atoms with van der Waals surface area (Å²) in [6.07, 6.45) is 0.922. The summed E-state index contributed by atoms with van der Waals surface area (Å²) >= 11 is 0. The van der Waals surface area contributed by atoms with E-state index in [1.165, 1.54) is 18.3 Å². The number of hydrogen-bond acceptors (Lipinski definition) is 4. The summed E-state index contributed by atoms with van der Waals surface area (Å²) in [4.78, 5) is 15.6. The average Bonchev–Trinajstić information content (AvgIpc) is 2.50. The Kier molecular flexibility index (Phi) is 4.50. The molecule has 1 saturated heterocycles. The normalized spacial score (nSPS) is 13.4. The van der Waals surface area contributed by atoms with Crippen LogP contribution in [0.5, 0.6) is 5.88 Å². The van der Waals surface area contributed by atoms with Crippen molar-refractivity contribution in [1.29, 1.82) is 0 Å². The predicted octanol–water partition coefficient (Wildman–Crippen LogP) is 2.11. The molecule has 5 nitrogen and oxygen atoms in total. The van der Waals surface area contributed by atoms with Gasteiger partial charge in [-0.15, -0.1) is 0 Å². The Morgan fingerprint density at radius 3 is 2.74 bits per heavy atom. The third-order valence-electron chi connectivity index (χ3n) is 3.07. The molecule has 1 aliphatic rings. The van der Waals surface area contributed by atoms with Crippen molar-refractivity contribution in [2.75, 3.05) is 13.2 Å². The van der Waals surface area contributed by atoms with Crippen molar-refractivity contribution in [2.45, 2.75) is 6.04 Å². The number of nitrogens with zero attached hydrogens (tertiary/aromatic N) is 1. The van der Waals surface area contributed by atoms with Crippen LogP contribution in [-0.4, -0.2) is 30.3 Å². The Hall–Kier alpha value is -2.91. The lowest BCUT2D eigenvalue weighted by atomic mass is 10.2. The van der Waals surface area contributed by atoms with Gasteiger partial charge in [0.25, 0.3) is 0 Å². The fourth-order valence-corrected chi connectivity index (χ4v) is 1.84. The third-order valence-corrected chi connectivity index (χ3v) is 3.07. The van der Waals surface area contributed by atoms with Crippen molar-refractivity contribution in [1.82, 2.24) is 10.3 Å². The van der Waals surface area contributed by atoms with Gasteiger partial charge in [-0.2, -0.15) is 0 Å². The van der Waals surface area contributed by atoms with Crippen LogP contribution >= 0.6 is 0 Å². The molecule has 1 aromatic carbocycles. The molecule has 1 fully saturated rings. The van der Waals surface area contributed by atoms with Crippen LogP contribution in [0.3, 0.4) is 0 Å². The first-order valence-electron chi connectivity index (χ1n) is 6.99. The number of nitrogens with one attached hydrogen (secondary N) is 1. The van der Waals surface area contributed by atoms with Crippen molar-refractivity contribution in [3.8, 4) is 17.7 Å². The van der Waals surface area contributed by atoms with Crippen LogP contribution < -0.4 is 10.1 Å². The lowest BCUT2D eigenvalue weighted by Gasteiger charge is -2.26. The summed E-state index contributed by atoms with van der Waals surface area (Å²) in [5, 5.41) is 2.64. The number of rotatable bonds is 2. The Balaban J connectivity index is 1.59. The molecule has 2 heterocycles. The molecule has 0 unspecified atom stereocenters. The molecule has 1 aliphatic heterocycles. The summed E-state index contributed by atoms with van der Waals surface area (Å²) in [7, 11) is 0. The van der Waals surface area contributed by atoms with E-state index in [1.807, 2.05) is 0 Å². The SMILES string of the molecule is O=C(NC1COC1)Oc1ccc(C#Cc2cccc(F)c2)cn1. The molecule has 0 radical (unpaired) electrons. The van der Waals surface area contributed by atoms with Gasteiger partial charge in [0.1, 0.15) is 5.82 Å². The van der Waals surface area contributed by atoms with Gasteiger partial charge in [0.05, 0.1) is 19.3 Å². The van der Waals surface area contributed by atoms with E-state index in [0.717, 1.165) is 0 Å². The van der Waals surface area contributed by atoms with Crippen LogP contribution in [0.25, 0.3) is 0 Å². The molecular formula is C17H13FN2O3. The van der Waals surface area contributed by atoms with Crippen molar-refractivity contribution < 1.29 is 18.7 Å². The summed E-state index contributed by atoms with van der Waals surface area (Å²) in [5.41, 5.74) is 1.21. The topological polar surface area (TPSA) is 60.5 Å². The second kappa shape index (κ2) is 6.90. The van der Waals surface area contributed by atoms with Crippen LogP contribution in [0.1, 0.15) is 11.1 Å². The number of carbonyl (C=O) groups is 1. The van der Waals surface area contributed by atoms with Crippen LogP contribution in [0.15, 0.2) is 42.6 Å². The van der Waals surface area contributed by atoms with E-state index in [2.05, 4.69) is 22.1 Å². The van der Waals surface area contributed by atoms with Gasteiger partial charge in [0.15, 0.2) is 0 Å². The molecule has 0 saturated carbocycles. The van der Waals surface area contributed by atoms with Crippen molar-refractivity contribution in [2.24, 2.45) is 0 Å². The number of benzene rings is 1. The van der Waals surface area contributed by atoms with E-state index in [-0.39, 0.29) is 17.7 Å². The monoisotopic (exact) mass is 312 g/mol. The van der Waals surface area contributed by atoms with E-state index in [1.54, 1.807) is 24.3 Å². The number of hydrogen-bond donors (Lipinski definition) is 1. The molecule has 3 rings (SSSR count). The molecule has 1 amide bonds. The average molecular weight is 312 g/mol. The van der Waals surface area contributed by atoms with Gasteiger partial charge in [-0.25, -0.2) is 14.2 Å². The molecule has 0 atom stereocenters. The fraction of sp³-hybridized carbons (Fsp3) is 0.176. The van der Waals surface area contributed by atoms with E-state index >= 15 is 0 Å². The first kappa shape index (κ1) is 15.0. The Labute approximate surface area is 132 Å². The minimum Gasteiger partial charge on any atom is -0.391 e. The molecule has 116 valence electrons. The number of ether oxygens (including phenoxy) is 2. The fourth-order valence-electron chi connectivity index (χ4n) is 1.84. The van der Waals surface area contributed by atoms with E-state index in [0.29, 0.717) is 24.3 Å². The molecule has 1 aromatic heterocycles. The molecule has 0 aliphatic carbocycles. The second-order valence-electron chi connectivity index (χ2n) is 4.91. The maximum Gasteiger partial charge on any atom is 0.414 e. The van der Waals surface area contributed by atoms with E-state index in [9.17, 15) is 9.18 Å². The number of halogens is 1. The van der Waals surface area contributed by atoms with Crippen LogP contribution in [0.2, 0.25) is 0 Å². The molecule has 0 bridgehead atoms. The molecule has 23 heavy (non-hydrogen) atoms. The molecule has 0 spiro atoms. The largest absolute Gasteiger partial charge is 0.414 e. The first-order chi connectivity index (χ1) is 11.2. The Bertz CT molecular complexity index is 761. The quantitative estimate of drug-likeness (QED) is 0.863.